The van der Waals surface area contributed by atoms with Gasteiger partial charge in [0, 0.05) is 18.7 Å². The lowest BCUT2D eigenvalue weighted by Crippen LogP contribution is -3.16. The zero-order valence-electron chi connectivity index (χ0n) is 16.3. The van der Waals surface area contributed by atoms with E-state index < -0.39 is 0 Å². The van der Waals surface area contributed by atoms with Crippen LogP contribution in [0, 0.1) is 5.82 Å². The Balaban J connectivity index is 1.69. The largest absolute Gasteiger partial charge is 0.450 e. The molecule has 1 aromatic heterocycles. The van der Waals surface area contributed by atoms with Gasteiger partial charge in [-0.25, -0.2) is 4.39 Å². The molecule has 2 heterocycles. The number of furan rings is 1. The maximum absolute atomic E-state index is 13.2. The molecule has 5 nitrogen and oxygen atoms in total. The first-order valence-electron chi connectivity index (χ1n) is 9.38. The number of ether oxygens (including phenoxy) is 1. The molecule has 1 atom stereocenters. The Hall–Kier alpha value is -2.18. The Morgan fingerprint density at radius 3 is 2.37 bits per heavy atom. The van der Waals surface area contributed by atoms with Gasteiger partial charge in [-0.1, -0.05) is 12.1 Å². The molecule has 1 aliphatic heterocycles. The smallest absolute Gasteiger partial charge is 0.289 e. The summed E-state index contributed by atoms with van der Waals surface area (Å²) in [5, 5.41) is 0. The van der Waals surface area contributed by atoms with E-state index in [9.17, 15) is 9.18 Å². The highest BCUT2D eigenvalue weighted by molar-refractivity contribution is 5.91. The molecule has 0 saturated carbocycles. The first-order valence-corrected chi connectivity index (χ1v) is 9.38. The first kappa shape index (κ1) is 19.6. The highest BCUT2D eigenvalue weighted by Crippen LogP contribution is 2.12. The van der Waals surface area contributed by atoms with E-state index in [2.05, 4.69) is 20.8 Å². The SMILES string of the molecule is CC(C)(C)[NH+](Cc1ccc(F)cc1)Cc1ccc(C(=O)N2CCOCC2)o1. The Bertz CT molecular complexity index is 758. The van der Waals surface area contributed by atoms with E-state index in [4.69, 9.17) is 9.15 Å². The number of nitrogens with one attached hydrogen (secondary N) is 1. The van der Waals surface area contributed by atoms with Crippen molar-refractivity contribution in [3.05, 3.63) is 59.3 Å². The van der Waals surface area contributed by atoms with Crippen LogP contribution in [0.15, 0.2) is 40.8 Å². The lowest BCUT2D eigenvalue weighted by Gasteiger charge is -2.32. The van der Waals surface area contributed by atoms with Gasteiger partial charge in [-0.15, -0.1) is 0 Å². The molecule has 1 N–H and O–H groups in total. The number of hydrogen-bond acceptors (Lipinski definition) is 3. The quantitative estimate of drug-likeness (QED) is 0.872. The van der Waals surface area contributed by atoms with Crippen LogP contribution in [0.1, 0.15) is 42.6 Å². The number of morpholine rings is 1. The topological polar surface area (TPSA) is 47.1 Å². The van der Waals surface area contributed by atoms with Crippen LogP contribution in [0.3, 0.4) is 0 Å². The summed E-state index contributed by atoms with van der Waals surface area (Å²) in [7, 11) is 0. The molecule has 6 heteroatoms. The van der Waals surface area contributed by atoms with Crippen LogP contribution in [0.25, 0.3) is 0 Å². The lowest BCUT2D eigenvalue weighted by atomic mass is 10.0. The molecular formula is C21H28FN2O3+. The van der Waals surface area contributed by atoms with Crippen LogP contribution >= 0.6 is 0 Å². The fourth-order valence-electron chi connectivity index (χ4n) is 3.16. The van der Waals surface area contributed by atoms with Crippen LogP contribution in [0.4, 0.5) is 4.39 Å². The molecule has 0 radical (unpaired) electrons. The normalized spacial score (nSPS) is 16.4. The number of hydrogen-bond donors (Lipinski definition) is 1. The number of carbonyl (C=O) groups is 1. The summed E-state index contributed by atoms with van der Waals surface area (Å²) in [5.74, 6) is 0.842. The van der Waals surface area contributed by atoms with E-state index in [0.29, 0.717) is 38.6 Å². The van der Waals surface area contributed by atoms with E-state index in [1.807, 2.05) is 18.2 Å². The fraction of sp³-hybridized carbons (Fsp3) is 0.476. The van der Waals surface area contributed by atoms with Crippen LogP contribution in [-0.2, 0) is 17.8 Å². The van der Waals surface area contributed by atoms with Crippen LogP contribution in [0.2, 0.25) is 0 Å². The third-order valence-electron chi connectivity index (χ3n) is 4.95. The van der Waals surface area contributed by atoms with Crippen molar-refractivity contribution in [3.63, 3.8) is 0 Å². The molecular weight excluding hydrogens is 347 g/mol. The van der Waals surface area contributed by atoms with Gasteiger partial charge in [0.2, 0.25) is 0 Å². The third kappa shape index (κ3) is 5.17. The molecule has 1 saturated heterocycles. The van der Waals surface area contributed by atoms with Crippen molar-refractivity contribution in [2.45, 2.75) is 39.4 Å². The molecule has 1 unspecified atom stereocenters. The van der Waals surface area contributed by atoms with Crippen molar-refractivity contribution in [3.8, 4) is 0 Å². The van der Waals surface area contributed by atoms with E-state index >= 15 is 0 Å². The fourth-order valence-corrected chi connectivity index (χ4v) is 3.16. The maximum atomic E-state index is 13.2. The summed E-state index contributed by atoms with van der Waals surface area (Å²) < 4.78 is 24.3. The minimum absolute atomic E-state index is 0.0322. The first-order chi connectivity index (χ1) is 12.8. The Labute approximate surface area is 159 Å². The molecule has 0 spiro atoms. The second-order valence-electron chi connectivity index (χ2n) is 8.00. The number of quaternary nitrogens is 1. The van der Waals surface area contributed by atoms with Crippen LogP contribution in [0.5, 0.6) is 0 Å². The van der Waals surface area contributed by atoms with Crippen molar-refractivity contribution in [2.24, 2.45) is 0 Å². The van der Waals surface area contributed by atoms with Crippen molar-refractivity contribution >= 4 is 5.91 Å². The lowest BCUT2D eigenvalue weighted by molar-refractivity contribution is -0.973. The van der Waals surface area contributed by atoms with Gasteiger partial charge in [0.1, 0.15) is 18.9 Å². The van der Waals surface area contributed by atoms with E-state index in [1.54, 1.807) is 11.0 Å². The zero-order valence-corrected chi connectivity index (χ0v) is 16.3. The van der Waals surface area contributed by atoms with E-state index in [-0.39, 0.29) is 17.3 Å². The molecule has 1 fully saturated rings. The Morgan fingerprint density at radius 1 is 1.07 bits per heavy atom. The van der Waals surface area contributed by atoms with E-state index in [1.165, 1.54) is 17.0 Å². The number of rotatable bonds is 5. The average molecular weight is 375 g/mol. The predicted molar refractivity (Wildman–Crippen MR) is 100.0 cm³/mol. The summed E-state index contributed by atoms with van der Waals surface area (Å²) in [6.07, 6.45) is 0. The third-order valence-corrected chi connectivity index (χ3v) is 4.95. The second kappa shape index (κ2) is 8.23. The summed E-state index contributed by atoms with van der Waals surface area (Å²) in [4.78, 5) is 15.6. The Morgan fingerprint density at radius 2 is 1.74 bits per heavy atom. The molecule has 3 rings (SSSR count). The molecule has 146 valence electrons. The van der Waals surface area contributed by atoms with E-state index in [0.717, 1.165) is 17.9 Å². The van der Waals surface area contributed by atoms with Gasteiger partial charge in [-0.3, -0.25) is 4.79 Å². The number of nitrogens with zero attached hydrogens (tertiary/aromatic N) is 1. The average Bonchev–Trinajstić information content (AvgIpc) is 3.11. The molecule has 2 aromatic rings. The molecule has 0 aliphatic carbocycles. The second-order valence-corrected chi connectivity index (χ2v) is 8.00. The standard InChI is InChI=1S/C21H27FN2O3/c1-21(2,3)24(14-16-4-6-17(22)7-5-16)15-18-8-9-19(27-18)20(25)23-10-12-26-13-11-23/h4-9H,10-15H2,1-3H3/p+1. The summed E-state index contributed by atoms with van der Waals surface area (Å²) in [5.41, 5.74) is 1.03. The van der Waals surface area contributed by atoms with Gasteiger partial charge in [0.25, 0.3) is 5.91 Å². The zero-order chi connectivity index (χ0) is 19.4. The molecule has 27 heavy (non-hydrogen) atoms. The molecule has 0 bridgehead atoms. The van der Waals surface area contributed by atoms with Crippen LogP contribution in [-0.4, -0.2) is 42.6 Å². The highest BCUT2D eigenvalue weighted by Gasteiger charge is 2.28. The Kier molecular flexibility index (Phi) is 5.97. The predicted octanol–water partition coefficient (Wildman–Crippen LogP) is 2.27. The minimum atomic E-state index is -0.228. The van der Waals surface area contributed by atoms with Crippen molar-refractivity contribution in [1.82, 2.24) is 4.90 Å². The van der Waals surface area contributed by atoms with Crippen molar-refractivity contribution in [2.75, 3.05) is 26.3 Å². The van der Waals surface area contributed by atoms with Gasteiger partial charge in [-0.2, -0.15) is 0 Å². The van der Waals surface area contributed by atoms with Gasteiger partial charge in [0.15, 0.2) is 11.5 Å². The number of benzene rings is 1. The maximum Gasteiger partial charge on any atom is 0.289 e. The summed E-state index contributed by atoms with van der Waals surface area (Å²) >= 11 is 0. The number of amides is 1. The highest BCUT2D eigenvalue weighted by atomic mass is 19.1. The van der Waals surface area contributed by atoms with Gasteiger partial charge < -0.3 is 19.0 Å². The monoisotopic (exact) mass is 375 g/mol. The minimum Gasteiger partial charge on any atom is -0.450 e. The van der Waals surface area contributed by atoms with Gasteiger partial charge in [-0.05, 0) is 45.0 Å². The van der Waals surface area contributed by atoms with Crippen LogP contribution < -0.4 is 4.90 Å². The van der Waals surface area contributed by atoms with Crippen molar-refractivity contribution in [1.29, 1.82) is 0 Å². The summed E-state index contributed by atoms with van der Waals surface area (Å²) in [6.45, 7) is 10.2. The molecule has 1 aliphatic rings. The number of carbonyl (C=O) groups excluding carboxylic acids is 1. The molecule has 1 amide bonds. The summed E-state index contributed by atoms with van der Waals surface area (Å²) in [6, 6.07) is 10.2. The van der Waals surface area contributed by atoms with Gasteiger partial charge >= 0.3 is 0 Å². The number of halogens is 1. The van der Waals surface area contributed by atoms with Gasteiger partial charge in [0.05, 0.1) is 18.8 Å². The van der Waals surface area contributed by atoms with Crippen molar-refractivity contribution < 1.29 is 23.2 Å². The molecule has 1 aromatic carbocycles.